The second-order valence-electron chi connectivity index (χ2n) is 7.51. The fourth-order valence-corrected chi connectivity index (χ4v) is 3.79. The number of halogens is 3. The molecule has 8 nitrogen and oxygen atoms in total. The number of hydrogen-bond donors (Lipinski definition) is 4. The van der Waals surface area contributed by atoms with E-state index in [1.165, 1.54) is 6.07 Å². The minimum absolute atomic E-state index is 0.187. The fraction of sp³-hybridized carbons (Fsp3) is 0.182. The monoisotopic (exact) mass is 493 g/mol. The normalized spacial score (nSPS) is 11.4. The van der Waals surface area contributed by atoms with Gasteiger partial charge in [-0.1, -0.05) is 17.7 Å². The Labute approximate surface area is 194 Å². The smallest absolute Gasteiger partial charge is 0.300 e. The highest BCUT2D eigenvalue weighted by atomic mass is 32.2. The van der Waals surface area contributed by atoms with Crippen molar-refractivity contribution in [2.24, 2.45) is 5.73 Å². The van der Waals surface area contributed by atoms with Gasteiger partial charge in [0.1, 0.15) is 0 Å². The van der Waals surface area contributed by atoms with Crippen LogP contribution in [-0.4, -0.2) is 26.4 Å². The Bertz CT molecular complexity index is 1380. The van der Waals surface area contributed by atoms with Crippen LogP contribution in [0, 0.1) is 31.3 Å². The Morgan fingerprint density at radius 2 is 1.74 bits per heavy atom. The molecule has 0 aliphatic carbocycles. The molecule has 0 aliphatic heterocycles. The molecule has 0 fully saturated rings. The summed E-state index contributed by atoms with van der Waals surface area (Å²) >= 11 is 0. The Hall–Kier alpha value is -3.64. The number of anilines is 3. The van der Waals surface area contributed by atoms with Crippen molar-refractivity contribution in [3.63, 3.8) is 0 Å². The molecule has 2 aromatic carbocycles. The van der Waals surface area contributed by atoms with Crippen LogP contribution in [0.3, 0.4) is 0 Å². The first-order valence-electron chi connectivity index (χ1n) is 9.93. The topological polar surface area (TPSA) is 126 Å². The molecule has 0 aliphatic rings. The molecule has 0 saturated carbocycles. The van der Waals surface area contributed by atoms with E-state index in [1.54, 1.807) is 19.1 Å². The maximum absolute atomic E-state index is 15.1. The van der Waals surface area contributed by atoms with Crippen molar-refractivity contribution in [1.29, 1.82) is 0 Å². The molecule has 12 heteroatoms. The van der Waals surface area contributed by atoms with Crippen LogP contribution in [-0.2, 0) is 16.6 Å². The van der Waals surface area contributed by atoms with Crippen molar-refractivity contribution in [1.82, 2.24) is 9.71 Å². The number of nitrogens with zero attached hydrogens (tertiary/aromatic N) is 1. The van der Waals surface area contributed by atoms with Crippen molar-refractivity contribution in [2.75, 3.05) is 17.1 Å². The van der Waals surface area contributed by atoms with Crippen LogP contribution in [0.1, 0.15) is 32.6 Å². The number of primary amides is 1. The molecule has 0 radical (unpaired) electrons. The van der Waals surface area contributed by atoms with Crippen LogP contribution < -0.4 is 20.5 Å². The maximum Gasteiger partial charge on any atom is 0.300 e. The van der Waals surface area contributed by atoms with E-state index in [1.807, 2.05) is 22.4 Å². The molecule has 3 rings (SSSR count). The third-order valence-corrected chi connectivity index (χ3v) is 6.04. The van der Waals surface area contributed by atoms with Gasteiger partial charge in [0.05, 0.1) is 11.3 Å². The molecule has 0 spiro atoms. The molecule has 0 unspecified atom stereocenters. The molecule has 1 aromatic heterocycles. The summed E-state index contributed by atoms with van der Waals surface area (Å²) in [6, 6.07) is 7.44. The molecule has 0 saturated heterocycles. The second kappa shape index (κ2) is 9.69. The van der Waals surface area contributed by atoms with Gasteiger partial charge in [-0.3, -0.25) is 9.52 Å². The lowest BCUT2D eigenvalue weighted by atomic mass is 9.99. The van der Waals surface area contributed by atoms with Crippen LogP contribution in [0.15, 0.2) is 36.5 Å². The molecule has 5 N–H and O–H groups in total. The number of aromatic nitrogens is 1. The van der Waals surface area contributed by atoms with E-state index in [2.05, 4.69) is 10.3 Å². The van der Waals surface area contributed by atoms with Gasteiger partial charge in [0.15, 0.2) is 23.3 Å². The first-order valence-corrected chi connectivity index (χ1v) is 11.4. The summed E-state index contributed by atoms with van der Waals surface area (Å²) in [4.78, 5) is 15.7. The van der Waals surface area contributed by atoms with E-state index in [0.717, 1.165) is 30.4 Å². The van der Waals surface area contributed by atoms with Crippen LogP contribution in [0.4, 0.5) is 30.4 Å². The standard InChI is InChI=1S/C22H22F3N5O3S/c1-11-4-5-16(12(2)8-11)29-20-15(21(26)31)10-14(17(23)19(20)25)9-13-6-7-28-22(18(13)24)30-34(32,33)27-3/h4-8,10,27,29H,9H2,1-3H3,(H2,26,31)(H,28,30). The van der Waals surface area contributed by atoms with Gasteiger partial charge in [-0.2, -0.15) is 8.42 Å². The molecule has 34 heavy (non-hydrogen) atoms. The Balaban J connectivity index is 2.04. The summed E-state index contributed by atoms with van der Waals surface area (Å²) in [5.41, 5.74) is 6.22. The SMILES string of the molecule is CNS(=O)(=O)Nc1nccc(Cc2cc(C(N)=O)c(Nc3ccc(C)cc3C)c(F)c2F)c1F. The van der Waals surface area contributed by atoms with Gasteiger partial charge in [-0.15, -0.1) is 0 Å². The van der Waals surface area contributed by atoms with Crippen LogP contribution in [0.5, 0.6) is 0 Å². The Kier molecular flexibility index (Phi) is 7.12. The first-order chi connectivity index (χ1) is 15.9. The summed E-state index contributed by atoms with van der Waals surface area (Å²) < 4.78 is 72.0. The summed E-state index contributed by atoms with van der Waals surface area (Å²) in [7, 11) is -2.95. The Morgan fingerprint density at radius 1 is 1.03 bits per heavy atom. The quantitative estimate of drug-likeness (QED) is 0.383. The zero-order chi connectivity index (χ0) is 25.2. The second-order valence-corrected chi connectivity index (χ2v) is 9.13. The van der Waals surface area contributed by atoms with E-state index in [0.29, 0.717) is 5.69 Å². The molecule has 1 amide bonds. The Morgan fingerprint density at radius 3 is 2.35 bits per heavy atom. The van der Waals surface area contributed by atoms with Crippen molar-refractivity contribution < 1.29 is 26.4 Å². The number of amides is 1. The van der Waals surface area contributed by atoms with Crippen LogP contribution in [0.2, 0.25) is 0 Å². The lowest BCUT2D eigenvalue weighted by molar-refractivity contribution is 0.100. The highest BCUT2D eigenvalue weighted by Gasteiger charge is 2.24. The number of carbonyl (C=O) groups is 1. The molecule has 3 aromatic rings. The number of carbonyl (C=O) groups excluding carboxylic acids is 1. The lowest BCUT2D eigenvalue weighted by Gasteiger charge is -2.17. The molecular formula is C22H22F3N5O3S. The van der Waals surface area contributed by atoms with Gasteiger partial charge in [0, 0.05) is 25.4 Å². The van der Waals surface area contributed by atoms with Gasteiger partial charge >= 0.3 is 0 Å². The third-order valence-electron chi connectivity index (χ3n) is 5.04. The number of rotatable bonds is 8. The third kappa shape index (κ3) is 5.29. The molecule has 0 atom stereocenters. The molecular weight excluding hydrogens is 471 g/mol. The predicted octanol–water partition coefficient (Wildman–Crippen LogP) is 3.43. The number of benzene rings is 2. The van der Waals surface area contributed by atoms with E-state index in [4.69, 9.17) is 5.73 Å². The van der Waals surface area contributed by atoms with Crippen molar-refractivity contribution in [3.8, 4) is 0 Å². The lowest BCUT2D eigenvalue weighted by Crippen LogP contribution is -2.27. The minimum Gasteiger partial charge on any atom is -0.366 e. The fourth-order valence-electron chi connectivity index (χ4n) is 3.29. The van der Waals surface area contributed by atoms with E-state index in [-0.39, 0.29) is 16.7 Å². The van der Waals surface area contributed by atoms with E-state index < -0.39 is 51.5 Å². The summed E-state index contributed by atoms with van der Waals surface area (Å²) in [6.07, 6.45) is 0.598. The summed E-state index contributed by atoms with van der Waals surface area (Å²) in [5.74, 6) is -5.41. The van der Waals surface area contributed by atoms with Crippen molar-refractivity contribution in [2.45, 2.75) is 20.3 Å². The largest absolute Gasteiger partial charge is 0.366 e. The zero-order valence-corrected chi connectivity index (χ0v) is 19.3. The van der Waals surface area contributed by atoms with Crippen LogP contribution >= 0.6 is 0 Å². The number of nitrogens with one attached hydrogen (secondary N) is 3. The molecule has 1 heterocycles. The zero-order valence-electron chi connectivity index (χ0n) is 18.5. The minimum atomic E-state index is -4.07. The maximum atomic E-state index is 15.1. The van der Waals surface area contributed by atoms with Gasteiger partial charge in [-0.25, -0.2) is 22.9 Å². The average Bonchev–Trinajstić information content (AvgIpc) is 2.77. The van der Waals surface area contributed by atoms with Gasteiger partial charge < -0.3 is 11.1 Å². The van der Waals surface area contributed by atoms with Gasteiger partial charge in [0.25, 0.3) is 16.1 Å². The van der Waals surface area contributed by atoms with Crippen LogP contribution in [0.25, 0.3) is 0 Å². The summed E-state index contributed by atoms with van der Waals surface area (Å²) in [5, 5.41) is 2.72. The van der Waals surface area contributed by atoms with E-state index >= 15 is 4.39 Å². The van der Waals surface area contributed by atoms with Gasteiger partial charge in [0.2, 0.25) is 0 Å². The number of nitrogens with two attached hydrogens (primary N) is 1. The molecule has 0 bridgehead atoms. The van der Waals surface area contributed by atoms with Crippen molar-refractivity contribution in [3.05, 3.63) is 81.8 Å². The van der Waals surface area contributed by atoms with Crippen molar-refractivity contribution >= 4 is 33.3 Å². The molecule has 180 valence electrons. The van der Waals surface area contributed by atoms with E-state index in [9.17, 15) is 22.0 Å². The first kappa shape index (κ1) is 25.0. The number of pyridine rings is 1. The summed E-state index contributed by atoms with van der Waals surface area (Å²) in [6.45, 7) is 3.63. The highest BCUT2D eigenvalue weighted by molar-refractivity contribution is 7.90. The highest BCUT2D eigenvalue weighted by Crippen LogP contribution is 2.32. The number of aryl methyl sites for hydroxylation is 2. The predicted molar refractivity (Wildman–Crippen MR) is 123 cm³/mol. The van der Waals surface area contributed by atoms with Gasteiger partial charge in [-0.05, 0) is 48.7 Å². The number of hydrogen-bond acceptors (Lipinski definition) is 5. The average molecular weight is 494 g/mol.